The van der Waals surface area contributed by atoms with Gasteiger partial charge in [-0.2, -0.15) is 0 Å². The molecule has 3 N–H and O–H groups in total. The van der Waals surface area contributed by atoms with Gasteiger partial charge in [0, 0.05) is 0 Å². The van der Waals surface area contributed by atoms with Crippen LogP contribution < -0.4 is 10.6 Å². The van der Waals surface area contributed by atoms with Crippen LogP contribution in [0.25, 0.3) is 0 Å². The smallest absolute Gasteiger partial charge is 0.207 e. The van der Waals surface area contributed by atoms with Gasteiger partial charge in [-0.05, 0) is 24.3 Å². The number of hydrogen-bond donors (Lipinski definition) is 2. The summed E-state index contributed by atoms with van der Waals surface area (Å²) >= 11 is 0. The van der Waals surface area contributed by atoms with Gasteiger partial charge >= 0.3 is 0 Å². The van der Waals surface area contributed by atoms with Crippen LogP contribution in [0, 0.1) is 0 Å². The third-order valence-corrected chi connectivity index (χ3v) is 1.13. The second kappa shape index (κ2) is 3.80. The SMILES string of the molecule is NOCOc1ccc(O)cc1. The predicted octanol–water partition coefficient (Wildman–Crippen LogP) is 0.619. The molecular formula is C7H9NO3. The monoisotopic (exact) mass is 155 g/mol. The van der Waals surface area contributed by atoms with Crippen LogP contribution in [0.4, 0.5) is 0 Å². The third-order valence-electron chi connectivity index (χ3n) is 1.13. The van der Waals surface area contributed by atoms with Crippen LogP contribution in [0.2, 0.25) is 0 Å². The number of benzene rings is 1. The van der Waals surface area contributed by atoms with Gasteiger partial charge in [0.2, 0.25) is 6.79 Å². The van der Waals surface area contributed by atoms with E-state index in [9.17, 15) is 0 Å². The molecule has 0 aromatic heterocycles. The van der Waals surface area contributed by atoms with Crippen LogP contribution in [0.1, 0.15) is 0 Å². The molecule has 0 saturated carbocycles. The Labute approximate surface area is 64.1 Å². The summed E-state index contributed by atoms with van der Waals surface area (Å²) in [6, 6.07) is 6.28. The van der Waals surface area contributed by atoms with Crippen LogP contribution in [0.3, 0.4) is 0 Å². The van der Waals surface area contributed by atoms with Crippen molar-refractivity contribution < 1.29 is 14.7 Å². The van der Waals surface area contributed by atoms with E-state index in [4.69, 9.17) is 15.7 Å². The molecule has 0 amide bonds. The first-order valence-corrected chi connectivity index (χ1v) is 3.06. The maximum atomic E-state index is 8.87. The molecule has 0 unspecified atom stereocenters. The highest BCUT2D eigenvalue weighted by Gasteiger charge is 1.91. The minimum Gasteiger partial charge on any atom is -0.508 e. The van der Waals surface area contributed by atoms with Crippen LogP contribution in [-0.4, -0.2) is 11.9 Å². The van der Waals surface area contributed by atoms with E-state index in [-0.39, 0.29) is 12.5 Å². The lowest BCUT2D eigenvalue weighted by atomic mass is 10.3. The molecule has 0 radical (unpaired) electrons. The molecule has 0 saturated heterocycles. The highest BCUT2D eigenvalue weighted by molar-refractivity contribution is 5.29. The number of hydrogen-bond acceptors (Lipinski definition) is 4. The Hall–Kier alpha value is -1.26. The molecule has 0 bridgehead atoms. The highest BCUT2D eigenvalue weighted by atomic mass is 16.7. The lowest BCUT2D eigenvalue weighted by Crippen LogP contribution is -2.06. The minimum absolute atomic E-state index is 0.00474. The Balaban J connectivity index is 2.52. The fourth-order valence-electron chi connectivity index (χ4n) is 0.644. The molecule has 1 rings (SSSR count). The Morgan fingerprint density at radius 1 is 1.27 bits per heavy atom. The molecule has 0 aliphatic heterocycles. The molecule has 1 aromatic rings. The Bertz CT molecular complexity index is 209. The van der Waals surface area contributed by atoms with Crippen molar-refractivity contribution in [3.63, 3.8) is 0 Å². The molecule has 0 atom stereocenters. The van der Waals surface area contributed by atoms with Crippen molar-refractivity contribution in [2.75, 3.05) is 6.79 Å². The largest absolute Gasteiger partial charge is 0.508 e. The van der Waals surface area contributed by atoms with Gasteiger partial charge in [-0.1, -0.05) is 0 Å². The molecule has 4 heteroatoms. The molecule has 0 spiro atoms. The van der Waals surface area contributed by atoms with Crippen molar-refractivity contribution in [2.45, 2.75) is 0 Å². The molecule has 4 nitrogen and oxygen atoms in total. The predicted molar refractivity (Wildman–Crippen MR) is 38.9 cm³/mol. The number of nitrogens with two attached hydrogens (primary N) is 1. The summed E-state index contributed by atoms with van der Waals surface area (Å²) in [7, 11) is 0. The number of ether oxygens (including phenoxy) is 1. The fraction of sp³-hybridized carbons (Fsp3) is 0.143. The number of phenols is 1. The zero-order valence-electron chi connectivity index (χ0n) is 5.86. The lowest BCUT2D eigenvalue weighted by Gasteiger charge is -2.02. The van der Waals surface area contributed by atoms with Crippen molar-refractivity contribution in [3.05, 3.63) is 24.3 Å². The van der Waals surface area contributed by atoms with E-state index in [1.807, 2.05) is 0 Å². The van der Waals surface area contributed by atoms with Gasteiger partial charge in [0.15, 0.2) is 0 Å². The van der Waals surface area contributed by atoms with Crippen LogP contribution >= 0.6 is 0 Å². The van der Waals surface area contributed by atoms with E-state index in [2.05, 4.69) is 4.84 Å². The molecule has 0 aliphatic rings. The number of phenolic OH excluding ortho intramolecular Hbond substituents is 1. The Morgan fingerprint density at radius 2 is 1.91 bits per heavy atom. The standard InChI is InChI=1S/C7H9NO3/c8-11-5-10-7-3-1-6(9)2-4-7/h1-4,9H,5,8H2. The van der Waals surface area contributed by atoms with Crippen molar-refractivity contribution in [1.82, 2.24) is 0 Å². The summed E-state index contributed by atoms with van der Waals surface area (Å²) in [5, 5.41) is 8.87. The van der Waals surface area contributed by atoms with Gasteiger partial charge in [0.1, 0.15) is 11.5 Å². The Morgan fingerprint density at radius 3 is 2.45 bits per heavy atom. The minimum atomic E-state index is 0.00474. The molecule has 1 aromatic carbocycles. The summed E-state index contributed by atoms with van der Waals surface area (Å²) in [5.41, 5.74) is 0. The lowest BCUT2D eigenvalue weighted by molar-refractivity contribution is 0.0144. The first-order chi connectivity index (χ1) is 5.33. The molecule has 0 heterocycles. The van der Waals surface area contributed by atoms with Crippen molar-refractivity contribution in [1.29, 1.82) is 0 Å². The second-order valence-electron chi connectivity index (χ2n) is 1.92. The van der Waals surface area contributed by atoms with Gasteiger partial charge in [0.25, 0.3) is 0 Å². The summed E-state index contributed by atoms with van der Waals surface area (Å²) in [6.45, 7) is 0.00474. The van der Waals surface area contributed by atoms with E-state index in [1.165, 1.54) is 12.1 Å². The van der Waals surface area contributed by atoms with E-state index >= 15 is 0 Å². The van der Waals surface area contributed by atoms with Crippen LogP contribution in [0.15, 0.2) is 24.3 Å². The average molecular weight is 155 g/mol. The molecule has 0 aliphatic carbocycles. The van der Waals surface area contributed by atoms with Crippen molar-refractivity contribution in [2.24, 2.45) is 5.90 Å². The van der Waals surface area contributed by atoms with Gasteiger partial charge in [-0.3, -0.25) is 4.84 Å². The van der Waals surface area contributed by atoms with Crippen LogP contribution in [0.5, 0.6) is 11.5 Å². The van der Waals surface area contributed by atoms with Gasteiger partial charge in [0.05, 0.1) is 0 Å². The van der Waals surface area contributed by atoms with E-state index < -0.39 is 0 Å². The van der Waals surface area contributed by atoms with Crippen LogP contribution in [-0.2, 0) is 4.84 Å². The topological polar surface area (TPSA) is 64.7 Å². The van der Waals surface area contributed by atoms with E-state index in [0.29, 0.717) is 5.75 Å². The maximum Gasteiger partial charge on any atom is 0.207 e. The number of aromatic hydroxyl groups is 1. The zero-order chi connectivity index (χ0) is 8.10. The summed E-state index contributed by atoms with van der Waals surface area (Å²) in [6.07, 6.45) is 0. The molecule has 0 fully saturated rings. The normalized spacial score (nSPS) is 9.55. The average Bonchev–Trinajstić information content (AvgIpc) is 2.04. The summed E-state index contributed by atoms with van der Waals surface area (Å²) in [4.78, 5) is 4.19. The Kier molecular flexibility index (Phi) is 2.71. The quantitative estimate of drug-likeness (QED) is 0.496. The maximum absolute atomic E-state index is 8.87. The zero-order valence-corrected chi connectivity index (χ0v) is 5.86. The van der Waals surface area contributed by atoms with Gasteiger partial charge in [-0.25, -0.2) is 5.90 Å². The van der Waals surface area contributed by atoms with E-state index in [1.54, 1.807) is 12.1 Å². The van der Waals surface area contributed by atoms with Crippen molar-refractivity contribution >= 4 is 0 Å². The summed E-state index contributed by atoms with van der Waals surface area (Å²) in [5.74, 6) is 5.54. The third kappa shape index (κ3) is 2.45. The van der Waals surface area contributed by atoms with Gasteiger partial charge < -0.3 is 9.84 Å². The second-order valence-corrected chi connectivity index (χ2v) is 1.92. The summed E-state index contributed by atoms with van der Waals surface area (Å²) < 4.78 is 4.95. The fourth-order valence-corrected chi connectivity index (χ4v) is 0.644. The van der Waals surface area contributed by atoms with Gasteiger partial charge in [-0.15, -0.1) is 0 Å². The van der Waals surface area contributed by atoms with Crippen molar-refractivity contribution in [3.8, 4) is 11.5 Å². The molecule has 11 heavy (non-hydrogen) atoms. The number of rotatable bonds is 3. The highest BCUT2D eigenvalue weighted by Crippen LogP contribution is 2.15. The first-order valence-electron chi connectivity index (χ1n) is 3.06. The molecular weight excluding hydrogens is 146 g/mol. The van der Waals surface area contributed by atoms with E-state index in [0.717, 1.165) is 0 Å². The first kappa shape index (κ1) is 7.84. The molecule has 60 valence electrons.